The number of hydrogen-bond acceptors (Lipinski definition) is 5. The van der Waals surface area contributed by atoms with Crippen LogP contribution in [0.4, 0.5) is 5.82 Å². The van der Waals surface area contributed by atoms with Gasteiger partial charge in [0.2, 0.25) is 10.0 Å². The van der Waals surface area contributed by atoms with Crippen molar-refractivity contribution in [1.82, 2.24) is 9.71 Å². The number of nitrogens with two attached hydrogens (primary N) is 1. The number of nitrogens with one attached hydrogen (secondary N) is 2. The van der Waals surface area contributed by atoms with Crippen LogP contribution in [0.5, 0.6) is 0 Å². The molecule has 1 aliphatic carbocycles. The summed E-state index contributed by atoms with van der Waals surface area (Å²) in [5.41, 5.74) is 2.35. The lowest BCUT2D eigenvalue weighted by Crippen LogP contribution is -2.37. The molecule has 0 spiro atoms. The van der Waals surface area contributed by atoms with Crippen LogP contribution in [0.3, 0.4) is 0 Å². The van der Waals surface area contributed by atoms with Crippen LogP contribution in [0.15, 0.2) is 23.2 Å². The maximum atomic E-state index is 12.2. The van der Waals surface area contributed by atoms with E-state index in [2.05, 4.69) is 22.1 Å². The van der Waals surface area contributed by atoms with Gasteiger partial charge in [0.15, 0.2) is 0 Å². The smallest absolute Gasteiger partial charge is 0.241 e. The lowest BCUT2D eigenvalue weighted by molar-refractivity contribution is 0.332. The molecule has 0 amide bonds. The number of nitrogen functional groups attached to an aromatic ring is 1. The number of aromatic nitrogens is 1. The second-order valence-electron chi connectivity index (χ2n) is 5.10. The number of hydrazine groups is 1. The van der Waals surface area contributed by atoms with Crippen molar-refractivity contribution < 1.29 is 8.42 Å². The Morgan fingerprint density at radius 3 is 2.63 bits per heavy atom. The molecule has 6 nitrogen and oxygen atoms in total. The number of nitrogens with zero attached hydrogens (tertiary/aromatic N) is 1. The van der Waals surface area contributed by atoms with E-state index in [1.54, 1.807) is 0 Å². The first-order chi connectivity index (χ1) is 9.01. The summed E-state index contributed by atoms with van der Waals surface area (Å²) in [4.78, 5) is 4.09. The van der Waals surface area contributed by atoms with Crippen LogP contribution in [0.1, 0.15) is 32.6 Å². The zero-order valence-electron chi connectivity index (χ0n) is 11.0. The van der Waals surface area contributed by atoms with E-state index in [1.807, 2.05) is 0 Å². The minimum Gasteiger partial charge on any atom is -0.308 e. The minimum atomic E-state index is -3.50. The normalized spacial score (nSPS) is 24.1. The molecule has 19 heavy (non-hydrogen) atoms. The van der Waals surface area contributed by atoms with Gasteiger partial charge in [0.1, 0.15) is 5.82 Å². The highest BCUT2D eigenvalue weighted by molar-refractivity contribution is 7.89. The van der Waals surface area contributed by atoms with Gasteiger partial charge in [-0.2, -0.15) is 0 Å². The molecule has 1 aromatic rings. The zero-order chi connectivity index (χ0) is 13.9. The van der Waals surface area contributed by atoms with Crippen LogP contribution in [0.25, 0.3) is 0 Å². The Labute approximate surface area is 113 Å². The third-order valence-electron chi connectivity index (χ3n) is 3.53. The second kappa shape index (κ2) is 5.85. The van der Waals surface area contributed by atoms with Gasteiger partial charge in [-0.05, 0) is 37.7 Å². The van der Waals surface area contributed by atoms with E-state index in [1.165, 1.54) is 18.3 Å². The van der Waals surface area contributed by atoms with E-state index in [-0.39, 0.29) is 10.9 Å². The average molecular weight is 284 g/mol. The number of rotatable bonds is 4. The fraction of sp³-hybridized carbons (Fsp3) is 0.583. The van der Waals surface area contributed by atoms with E-state index in [0.29, 0.717) is 11.7 Å². The predicted octanol–water partition coefficient (Wildman–Crippen LogP) is 1.22. The highest BCUT2D eigenvalue weighted by atomic mass is 32.2. The maximum Gasteiger partial charge on any atom is 0.241 e. The summed E-state index contributed by atoms with van der Waals surface area (Å²) in [5.74, 6) is 6.26. The number of sulfonamides is 1. The summed E-state index contributed by atoms with van der Waals surface area (Å²) < 4.78 is 27.2. The molecule has 1 saturated carbocycles. The van der Waals surface area contributed by atoms with Crippen LogP contribution < -0.4 is 16.0 Å². The molecule has 0 radical (unpaired) electrons. The van der Waals surface area contributed by atoms with Crippen LogP contribution in [0, 0.1) is 5.92 Å². The molecule has 0 atom stereocenters. The van der Waals surface area contributed by atoms with Gasteiger partial charge >= 0.3 is 0 Å². The molecule has 0 aliphatic heterocycles. The van der Waals surface area contributed by atoms with E-state index in [0.717, 1.165) is 25.7 Å². The number of anilines is 1. The molecule has 0 unspecified atom stereocenters. The van der Waals surface area contributed by atoms with Crippen molar-refractivity contribution in [3.8, 4) is 0 Å². The maximum absolute atomic E-state index is 12.2. The monoisotopic (exact) mass is 284 g/mol. The van der Waals surface area contributed by atoms with Crippen LogP contribution in [0.2, 0.25) is 0 Å². The summed E-state index contributed by atoms with van der Waals surface area (Å²) in [6, 6.07) is 2.92. The highest BCUT2D eigenvalue weighted by Crippen LogP contribution is 2.24. The summed E-state index contributed by atoms with van der Waals surface area (Å²) in [6.07, 6.45) is 5.35. The topological polar surface area (TPSA) is 97.1 Å². The Kier molecular flexibility index (Phi) is 4.38. The third-order valence-corrected chi connectivity index (χ3v) is 5.05. The Morgan fingerprint density at radius 1 is 1.32 bits per heavy atom. The van der Waals surface area contributed by atoms with Crippen molar-refractivity contribution in [1.29, 1.82) is 0 Å². The Hall–Kier alpha value is -1.18. The van der Waals surface area contributed by atoms with Crippen LogP contribution in [-0.2, 0) is 10.0 Å². The summed E-state index contributed by atoms with van der Waals surface area (Å²) in [7, 11) is -3.50. The molecular weight excluding hydrogens is 264 g/mol. The van der Waals surface area contributed by atoms with Crippen molar-refractivity contribution in [2.75, 3.05) is 5.43 Å². The van der Waals surface area contributed by atoms with E-state index < -0.39 is 10.0 Å². The molecule has 1 aliphatic rings. The Bertz CT molecular complexity index is 524. The largest absolute Gasteiger partial charge is 0.308 e. The van der Waals surface area contributed by atoms with Gasteiger partial charge in [0, 0.05) is 18.3 Å². The first kappa shape index (κ1) is 14.2. The van der Waals surface area contributed by atoms with Crippen molar-refractivity contribution in [2.24, 2.45) is 11.8 Å². The summed E-state index contributed by atoms with van der Waals surface area (Å²) in [6.45, 7) is 2.20. The third kappa shape index (κ3) is 3.65. The molecule has 1 aromatic heterocycles. The average Bonchev–Trinajstić information content (AvgIpc) is 2.41. The standard InChI is InChI=1S/C12H20N4O2S/c1-9-2-4-10(5-3-9)16-19(17,18)11-6-7-14-12(8-11)15-13/h6-10,16H,2-5,13H2,1H3,(H,14,15). The van der Waals surface area contributed by atoms with Gasteiger partial charge in [0.25, 0.3) is 0 Å². The zero-order valence-corrected chi connectivity index (χ0v) is 11.8. The Morgan fingerprint density at radius 2 is 2.00 bits per heavy atom. The molecule has 1 heterocycles. The lowest BCUT2D eigenvalue weighted by Gasteiger charge is -2.26. The van der Waals surface area contributed by atoms with Gasteiger partial charge < -0.3 is 5.43 Å². The number of pyridine rings is 1. The van der Waals surface area contributed by atoms with Crippen LogP contribution >= 0.6 is 0 Å². The highest BCUT2D eigenvalue weighted by Gasteiger charge is 2.24. The number of hydrogen-bond donors (Lipinski definition) is 3. The first-order valence-electron chi connectivity index (χ1n) is 6.46. The Balaban J connectivity index is 2.09. The fourth-order valence-corrected chi connectivity index (χ4v) is 3.64. The summed E-state index contributed by atoms with van der Waals surface area (Å²) >= 11 is 0. The van der Waals surface area contributed by atoms with Crippen molar-refractivity contribution in [3.05, 3.63) is 18.3 Å². The van der Waals surface area contributed by atoms with Gasteiger partial charge in [0.05, 0.1) is 4.90 Å². The quantitative estimate of drug-likeness (QED) is 0.570. The molecule has 0 aromatic carbocycles. The van der Waals surface area contributed by atoms with Gasteiger partial charge in [-0.15, -0.1) is 0 Å². The lowest BCUT2D eigenvalue weighted by atomic mass is 9.88. The van der Waals surface area contributed by atoms with Gasteiger partial charge in [-0.3, -0.25) is 0 Å². The SMILES string of the molecule is CC1CCC(NS(=O)(=O)c2ccnc(NN)c2)CC1. The molecule has 4 N–H and O–H groups in total. The van der Waals surface area contributed by atoms with Gasteiger partial charge in [-0.25, -0.2) is 24.0 Å². The first-order valence-corrected chi connectivity index (χ1v) is 7.94. The molecule has 0 saturated heterocycles. The van der Waals surface area contributed by atoms with Gasteiger partial charge in [-0.1, -0.05) is 6.92 Å². The van der Waals surface area contributed by atoms with Crippen molar-refractivity contribution in [2.45, 2.75) is 43.5 Å². The second-order valence-corrected chi connectivity index (χ2v) is 6.81. The summed E-state index contributed by atoms with van der Waals surface area (Å²) in [5, 5.41) is 0. The molecule has 0 bridgehead atoms. The van der Waals surface area contributed by atoms with E-state index >= 15 is 0 Å². The van der Waals surface area contributed by atoms with Crippen molar-refractivity contribution >= 4 is 15.8 Å². The molecule has 1 fully saturated rings. The molecule has 106 valence electrons. The minimum absolute atomic E-state index is 0.0312. The predicted molar refractivity (Wildman–Crippen MR) is 73.8 cm³/mol. The molecule has 2 rings (SSSR count). The molecular formula is C12H20N4O2S. The van der Waals surface area contributed by atoms with E-state index in [9.17, 15) is 8.42 Å². The van der Waals surface area contributed by atoms with Crippen molar-refractivity contribution in [3.63, 3.8) is 0 Å². The fourth-order valence-electron chi connectivity index (χ4n) is 2.32. The van der Waals surface area contributed by atoms with E-state index in [4.69, 9.17) is 5.84 Å². The van der Waals surface area contributed by atoms with Crippen LogP contribution in [-0.4, -0.2) is 19.4 Å². The molecule has 7 heteroatoms.